The maximum absolute atomic E-state index is 10.7. The molecule has 2 heterocycles. The van der Waals surface area contributed by atoms with Gasteiger partial charge in [0.2, 0.25) is 5.82 Å². The van der Waals surface area contributed by atoms with Gasteiger partial charge in [-0.15, -0.1) is 0 Å². The van der Waals surface area contributed by atoms with E-state index in [-0.39, 0.29) is 12.5 Å². The molecule has 0 unspecified atom stereocenters. The van der Waals surface area contributed by atoms with Crippen LogP contribution in [-0.4, -0.2) is 39.3 Å². The number of hydrogen-bond donors (Lipinski definition) is 1. The number of anilines is 1. The summed E-state index contributed by atoms with van der Waals surface area (Å²) in [7, 11) is 1.94. The fraction of sp³-hybridized carbons (Fsp3) is 0.333. The molecule has 0 fully saturated rings. The van der Waals surface area contributed by atoms with Crippen molar-refractivity contribution in [1.29, 1.82) is 0 Å². The Hall–Kier alpha value is -2.93. The zero-order valence-electron chi connectivity index (χ0n) is 16.8. The highest BCUT2D eigenvalue weighted by Crippen LogP contribution is 2.30. The molecule has 0 saturated carbocycles. The van der Waals surface area contributed by atoms with Crippen molar-refractivity contribution in [1.82, 2.24) is 15.1 Å². The van der Waals surface area contributed by atoms with Crippen molar-refractivity contribution < 1.29 is 14.4 Å². The number of carboxylic acids is 1. The first kappa shape index (κ1) is 20.8. The number of carbonyl (C=O) groups is 1. The van der Waals surface area contributed by atoms with E-state index in [1.54, 1.807) is 12.3 Å². The Morgan fingerprint density at radius 3 is 2.69 bits per heavy atom. The third-order valence-electron chi connectivity index (χ3n) is 4.76. The van der Waals surface area contributed by atoms with E-state index >= 15 is 0 Å². The largest absolute Gasteiger partial charge is 0.481 e. The molecule has 29 heavy (non-hydrogen) atoms. The van der Waals surface area contributed by atoms with Crippen LogP contribution in [0, 0.1) is 6.92 Å². The van der Waals surface area contributed by atoms with Gasteiger partial charge in [-0.05, 0) is 44.4 Å². The second-order valence-corrected chi connectivity index (χ2v) is 7.61. The van der Waals surface area contributed by atoms with E-state index in [1.807, 2.05) is 37.1 Å². The first-order valence-corrected chi connectivity index (χ1v) is 9.68. The number of aryl methyl sites for hydroxylation is 2. The van der Waals surface area contributed by atoms with Crippen molar-refractivity contribution in [3.63, 3.8) is 0 Å². The Balaban J connectivity index is 1.84. The molecular weight excluding hydrogens is 392 g/mol. The van der Waals surface area contributed by atoms with Gasteiger partial charge < -0.3 is 14.5 Å². The van der Waals surface area contributed by atoms with E-state index in [1.165, 1.54) is 0 Å². The lowest BCUT2D eigenvalue weighted by Crippen LogP contribution is -2.26. The van der Waals surface area contributed by atoms with Crippen LogP contribution in [0.4, 0.5) is 5.82 Å². The van der Waals surface area contributed by atoms with Crippen LogP contribution in [0.1, 0.15) is 31.4 Å². The predicted molar refractivity (Wildman–Crippen MR) is 112 cm³/mol. The van der Waals surface area contributed by atoms with Gasteiger partial charge in [-0.25, -0.2) is 4.98 Å². The van der Waals surface area contributed by atoms with E-state index in [9.17, 15) is 4.79 Å². The van der Waals surface area contributed by atoms with E-state index in [0.717, 1.165) is 16.7 Å². The molecule has 0 aliphatic carbocycles. The summed E-state index contributed by atoms with van der Waals surface area (Å²) in [4.78, 5) is 21.7. The zero-order valence-corrected chi connectivity index (χ0v) is 17.6. The number of aromatic nitrogens is 3. The fourth-order valence-corrected chi connectivity index (χ4v) is 3.18. The van der Waals surface area contributed by atoms with Crippen molar-refractivity contribution >= 4 is 23.4 Å². The van der Waals surface area contributed by atoms with Gasteiger partial charge in [0.1, 0.15) is 5.82 Å². The molecule has 1 aromatic carbocycles. The van der Waals surface area contributed by atoms with Crippen LogP contribution in [0.25, 0.3) is 22.8 Å². The highest BCUT2D eigenvalue weighted by atomic mass is 35.5. The standard InChI is InChI=1S/C21H23ClN4O3/c1-12(2)26(4)20-17(22)10-15(11-23-20)21-24-19(25-29-21)16-7-5-14(9-13(16)3)6-8-18(27)28/h5,7,9-12H,6,8H2,1-4H3,(H,27,28). The number of aliphatic carboxylic acids is 1. The maximum Gasteiger partial charge on any atom is 0.303 e. The molecule has 3 aromatic rings. The summed E-state index contributed by atoms with van der Waals surface area (Å²) < 4.78 is 5.42. The Morgan fingerprint density at radius 2 is 2.07 bits per heavy atom. The minimum absolute atomic E-state index is 0.0981. The molecular formula is C21H23ClN4O3. The van der Waals surface area contributed by atoms with Crippen LogP contribution in [0.3, 0.4) is 0 Å². The molecule has 0 spiro atoms. The van der Waals surface area contributed by atoms with E-state index in [2.05, 4.69) is 29.0 Å². The minimum Gasteiger partial charge on any atom is -0.481 e. The minimum atomic E-state index is -0.813. The molecule has 0 saturated heterocycles. The summed E-state index contributed by atoms with van der Waals surface area (Å²) in [6.45, 7) is 6.06. The summed E-state index contributed by atoms with van der Waals surface area (Å²) in [6.07, 6.45) is 2.25. The third kappa shape index (κ3) is 4.74. The second-order valence-electron chi connectivity index (χ2n) is 7.20. The maximum atomic E-state index is 10.7. The molecule has 152 valence electrons. The molecule has 0 atom stereocenters. The number of carboxylic acid groups (broad SMARTS) is 1. The monoisotopic (exact) mass is 414 g/mol. The number of pyridine rings is 1. The number of halogens is 1. The van der Waals surface area contributed by atoms with Crippen molar-refractivity contribution in [2.45, 2.75) is 39.7 Å². The average Bonchev–Trinajstić information content (AvgIpc) is 3.15. The summed E-state index contributed by atoms with van der Waals surface area (Å²) in [6, 6.07) is 7.75. The van der Waals surface area contributed by atoms with Gasteiger partial charge in [-0.2, -0.15) is 4.98 Å². The Bertz CT molecular complexity index is 1030. The molecule has 8 heteroatoms. The molecule has 0 amide bonds. The number of benzene rings is 1. The number of nitrogens with zero attached hydrogens (tertiary/aromatic N) is 4. The first-order chi connectivity index (χ1) is 13.8. The molecule has 1 N–H and O–H groups in total. The van der Waals surface area contributed by atoms with E-state index in [4.69, 9.17) is 21.2 Å². The van der Waals surface area contributed by atoms with E-state index < -0.39 is 5.97 Å². The molecule has 2 aromatic heterocycles. The highest BCUT2D eigenvalue weighted by Gasteiger charge is 2.17. The third-order valence-corrected chi connectivity index (χ3v) is 5.04. The van der Waals surface area contributed by atoms with Gasteiger partial charge in [-0.3, -0.25) is 4.79 Å². The number of hydrogen-bond acceptors (Lipinski definition) is 6. The van der Waals surface area contributed by atoms with E-state index in [0.29, 0.717) is 34.5 Å². The van der Waals surface area contributed by atoms with Gasteiger partial charge in [0, 0.05) is 31.3 Å². The van der Waals surface area contributed by atoms with Gasteiger partial charge in [0.15, 0.2) is 0 Å². The van der Waals surface area contributed by atoms with Gasteiger partial charge >= 0.3 is 5.97 Å². The van der Waals surface area contributed by atoms with Crippen LogP contribution in [0.2, 0.25) is 5.02 Å². The van der Waals surface area contributed by atoms with Gasteiger partial charge in [-0.1, -0.05) is 35.0 Å². The lowest BCUT2D eigenvalue weighted by Gasteiger charge is -2.23. The second kappa shape index (κ2) is 8.61. The first-order valence-electron chi connectivity index (χ1n) is 9.30. The summed E-state index contributed by atoms with van der Waals surface area (Å²) in [5, 5.41) is 13.4. The Kier molecular flexibility index (Phi) is 6.17. The predicted octanol–water partition coefficient (Wildman–Crippen LogP) is 4.62. The van der Waals surface area contributed by atoms with Crippen molar-refractivity contribution in [2.75, 3.05) is 11.9 Å². The lowest BCUT2D eigenvalue weighted by molar-refractivity contribution is -0.136. The van der Waals surface area contributed by atoms with Crippen LogP contribution >= 0.6 is 11.6 Å². The average molecular weight is 415 g/mol. The van der Waals surface area contributed by atoms with Crippen LogP contribution in [0.15, 0.2) is 35.0 Å². The van der Waals surface area contributed by atoms with Crippen molar-refractivity contribution in [2.24, 2.45) is 0 Å². The molecule has 0 aliphatic rings. The molecule has 0 bridgehead atoms. The molecule has 3 rings (SSSR count). The Morgan fingerprint density at radius 1 is 1.31 bits per heavy atom. The summed E-state index contributed by atoms with van der Waals surface area (Å²) in [5.74, 6) is 0.676. The van der Waals surface area contributed by atoms with Gasteiger partial charge in [0.25, 0.3) is 5.89 Å². The van der Waals surface area contributed by atoms with Crippen molar-refractivity contribution in [3.8, 4) is 22.8 Å². The van der Waals surface area contributed by atoms with Crippen LogP contribution in [-0.2, 0) is 11.2 Å². The lowest BCUT2D eigenvalue weighted by atomic mass is 10.0. The molecule has 0 aliphatic heterocycles. The summed E-state index contributed by atoms with van der Waals surface area (Å²) in [5.41, 5.74) is 3.38. The molecule has 0 radical (unpaired) electrons. The van der Waals surface area contributed by atoms with Gasteiger partial charge in [0.05, 0.1) is 10.6 Å². The highest BCUT2D eigenvalue weighted by molar-refractivity contribution is 6.33. The smallest absolute Gasteiger partial charge is 0.303 e. The number of rotatable bonds is 7. The normalized spacial score (nSPS) is 11.1. The quantitative estimate of drug-likeness (QED) is 0.602. The van der Waals surface area contributed by atoms with Crippen molar-refractivity contribution in [3.05, 3.63) is 46.6 Å². The molecule has 7 nitrogen and oxygen atoms in total. The zero-order chi connectivity index (χ0) is 21.1. The fourth-order valence-electron chi connectivity index (χ4n) is 2.89. The van der Waals surface area contributed by atoms with Crippen LogP contribution in [0.5, 0.6) is 0 Å². The topological polar surface area (TPSA) is 92.3 Å². The summed E-state index contributed by atoms with van der Waals surface area (Å²) >= 11 is 6.40. The van der Waals surface area contributed by atoms with Crippen LogP contribution < -0.4 is 4.90 Å². The SMILES string of the molecule is Cc1cc(CCC(=O)O)ccc1-c1noc(-c2cnc(N(C)C(C)C)c(Cl)c2)n1. The Labute approximate surface area is 174 Å².